The first-order valence-electron chi connectivity index (χ1n) is 7.15. The molecule has 1 unspecified atom stereocenters. The van der Waals surface area contributed by atoms with Crippen LogP contribution < -0.4 is 5.32 Å². The average molecular weight is 344 g/mol. The van der Waals surface area contributed by atoms with Crippen LogP contribution >= 0.6 is 23.7 Å². The molecule has 3 rings (SSSR count). The number of hydrogen-bond acceptors (Lipinski definition) is 7. The number of nitrogens with zero attached hydrogens (tertiary/aromatic N) is 4. The molecular weight excluding hydrogens is 322 g/mol. The van der Waals surface area contributed by atoms with Crippen molar-refractivity contribution in [3.05, 3.63) is 17.0 Å². The lowest BCUT2D eigenvalue weighted by molar-refractivity contribution is 0.190. The van der Waals surface area contributed by atoms with E-state index in [-0.39, 0.29) is 23.9 Å². The largest absolute Gasteiger partial charge is 0.333 e. The number of likely N-dealkylation sites (N-methyl/N-ethyl adjacent to an activating group) is 1. The van der Waals surface area contributed by atoms with Crippen LogP contribution in [0.15, 0.2) is 10.0 Å². The summed E-state index contributed by atoms with van der Waals surface area (Å²) in [5.41, 5.74) is 2.82. The fourth-order valence-electron chi connectivity index (χ4n) is 2.49. The number of hydrogen-bond donors (Lipinski definition) is 1. The normalized spacial score (nSPS) is 19.9. The Hall–Kier alpha value is -1.02. The van der Waals surface area contributed by atoms with Gasteiger partial charge in [-0.05, 0) is 7.05 Å². The molecule has 0 bridgehead atoms. The van der Waals surface area contributed by atoms with Crippen molar-refractivity contribution in [2.24, 2.45) is 0 Å². The van der Waals surface area contributed by atoms with Gasteiger partial charge in [0.05, 0.1) is 17.2 Å². The van der Waals surface area contributed by atoms with Crippen molar-refractivity contribution in [2.75, 3.05) is 26.7 Å². The van der Waals surface area contributed by atoms with Crippen LogP contribution in [-0.4, -0.2) is 46.7 Å². The fraction of sp³-hybridized carbons (Fsp3) is 0.643. The molecule has 0 saturated carbocycles. The van der Waals surface area contributed by atoms with E-state index >= 15 is 0 Å². The van der Waals surface area contributed by atoms with Crippen molar-refractivity contribution >= 4 is 23.7 Å². The van der Waals surface area contributed by atoms with E-state index in [1.807, 2.05) is 5.51 Å². The summed E-state index contributed by atoms with van der Waals surface area (Å²) in [5, 5.41) is 7.55. The van der Waals surface area contributed by atoms with E-state index in [2.05, 4.69) is 53.2 Å². The number of rotatable bonds is 2. The van der Waals surface area contributed by atoms with Gasteiger partial charge in [0, 0.05) is 25.0 Å². The second-order valence-corrected chi connectivity index (χ2v) is 7.29. The van der Waals surface area contributed by atoms with Gasteiger partial charge in [0.2, 0.25) is 0 Å². The van der Waals surface area contributed by atoms with Crippen LogP contribution in [0, 0.1) is 0 Å². The molecule has 1 N–H and O–H groups in total. The first-order valence-corrected chi connectivity index (χ1v) is 8.03. The van der Waals surface area contributed by atoms with E-state index in [1.165, 1.54) is 0 Å². The zero-order valence-corrected chi connectivity index (χ0v) is 14.9. The Morgan fingerprint density at radius 2 is 2.18 bits per heavy atom. The molecule has 1 atom stereocenters. The minimum absolute atomic E-state index is 0. The second kappa shape index (κ2) is 6.62. The number of nitrogens with one attached hydrogen (secondary N) is 1. The van der Waals surface area contributed by atoms with Crippen molar-refractivity contribution in [3.8, 4) is 10.8 Å². The average Bonchev–Trinajstić information content (AvgIpc) is 3.07. The Kier molecular flexibility index (Phi) is 5.21. The number of aromatic nitrogens is 3. The molecule has 1 saturated heterocycles. The summed E-state index contributed by atoms with van der Waals surface area (Å²) >= 11 is 1.55. The van der Waals surface area contributed by atoms with Gasteiger partial charge in [-0.1, -0.05) is 25.9 Å². The zero-order valence-electron chi connectivity index (χ0n) is 13.3. The molecule has 3 heterocycles. The zero-order chi connectivity index (χ0) is 15.0. The maximum absolute atomic E-state index is 5.50. The van der Waals surface area contributed by atoms with Crippen LogP contribution in [0.3, 0.4) is 0 Å². The highest BCUT2D eigenvalue weighted by Gasteiger charge is 2.28. The minimum atomic E-state index is -0.0346. The van der Waals surface area contributed by atoms with Gasteiger partial charge in [-0.2, -0.15) is 4.98 Å². The highest BCUT2D eigenvalue weighted by Crippen LogP contribution is 2.34. The highest BCUT2D eigenvalue weighted by atomic mass is 35.5. The van der Waals surface area contributed by atoms with Crippen LogP contribution in [0.1, 0.15) is 38.3 Å². The maximum Gasteiger partial charge on any atom is 0.270 e. The fourth-order valence-corrected chi connectivity index (χ4v) is 3.41. The van der Waals surface area contributed by atoms with Crippen LogP contribution in [0.4, 0.5) is 0 Å². The SMILES string of the molecule is CN1CCNCC1c1noc(-c2scnc2C(C)(C)C)n1.Cl. The maximum atomic E-state index is 5.50. The van der Waals surface area contributed by atoms with Gasteiger partial charge in [-0.3, -0.25) is 4.90 Å². The van der Waals surface area contributed by atoms with Crippen LogP contribution in [-0.2, 0) is 5.41 Å². The Bertz CT molecular complexity index is 621. The predicted molar refractivity (Wildman–Crippen MR) is 89.6 cm³/mol. The molecule has 0 aromatic carbocycles. The van der Waals surface area contributed by atoms with Gasteiger partial charge < -0.3 is 9.84 Å². The quantitative estimate of drug-likeness (QED) is 0.903. The Morgan fingerprint density at radius 1 is 1.41 bits per heavy atom. The van der Waals surface area contributed by atoms with Crippen LogP contribution in [0.25, 0.3) is 10.8 Å². The van der Waals surface area contributed by atoms with Crippen molar-refractivity contribution in [1.82, 2.24) is 25.3 Å². The topological polar surface area (TPSA) is 67.1 Å². The summed E-state index contributed by atoms with van der Waals surface area (Å²) < 4.78 is 5.50. The number of piperazine rings is 1. The summed E-state index contributed by atoms with van der Waals surface area (Å²) in [6, 6.07) is 0.169. The second-order valence-electron chi connectivity index (χ2n) is 6.44. The molecule has 1 aliphatic heterocycles. The van der Waals surface area contributed by atoms with Crippen LogP contribution in [0.5, 0.6) is 0 Å². The van der Waals surface area contributed by atoms with Gasteiger partial charge in [-0.15, -0.1) is 23.7 Å². The van der Waals surface area contributed by atoms with Crippen molar-refractivity contribution in [1.29, 1.82) is 0 Å². The van der Waals surface area contributed by atoms with Crippen molar-refractivity contribution in [2.45, 2.75) is 32.2 Å². The Morgan fingerprint density at radius 3 is 2.86 bits per heavy atom. The lowest BCUT2D eigenvalue weighted by Crippen LogP contribution is -2.44. The summed E-state index contributed by atoms with van der Waals surface area (Å²) in [5.74, 6) is 1.32. The van der Waals surface area contributed by atoms with Gasteiger partial charge >= 0.3 is 0 Å². The van der Waals surface area contributed by atoms with Gasteiger partial charge in [0.15, 0.2) is 5.82 Å². The van der Waals surface area contributed by atoms with Gasteiger partial charge in [0.1, 0.15) is 4.88 Å². The summed E-state index contributed by atoms with van der Waals surface area (Å²) in [6.07, 6.45) is 0. The van der Waals surface area contributed by atoms with E-state index in [0.717, 1.165) is 36.0 Å². The first kappa shape index (κ1) is 17.3. The monoisotopic (exact) mass is 343 g/mol. The number of thiazole rings is 1. The van der Waals surface area contributed by atoms with E-state index in [4.69, 9.17) is 4.52 Å². The Balaban J connectivity index is 0.00000176. The predicted octanol–water partition coefficient (Wildman–Crippen LogP) is 2.49. The number of halogens is 1. The van der Waals surface area contributed by atoms with Crippen molar-refractivity contribution < 1.29 is 4.52 Å². The minimum Gasteiger partial charge on any atom is -0.333 e. The van der Waals surface area contributed by atoms with Crippen molar-refractivity contribution in [3.63, 3.8) is 0 Å². The van der Waals surface area contributed by atoms with E-state index in [0.29, 0.717) is 5.89 Å². The molecular formula is C14H22ClN5OS. The molecule has 122 valence electrons. The van der Waals surface area contributed by atoms with E-state index < -0.39 is 0 Å². The van der Waals surface area contributed by atoms with Gasteiger partial charge in [-0.25, -0.2) is 4.98 Å². The molecule has 22 heavy (non-hydrogen) atoms. The van der Waals surface area contributed by atoms with E-state index in [9.17, 15) is 0 Å². The smallest absolute Gasteiger partial charge is 0.270 e. The summed E-state index contributed by atoms with van der Waals surface area (Å²) in [4.78, 5) is 12.3. The molecule has 0 radical (unpaired) electrons. The molecule has 0 aliphatic carbocycles. The van der Waals surface area contributed by atoms with Crippen LogP contribution in [0.2, 0.25) is 0 Å². The lowest BCUT2D eigenvalue weighted by Gasteiger charge is -2.30. The molecule has 8 heteroatoms. The Labute approximate surface area is 140 Å². The molecule has 1 fully saturated rings. The molecule has 2 aromatic heterocycles. The third-order valence-electron chi connectivity index (χ3n) is 3.72. The lowest BCUT2D eigenvalue weighted by atomic mass is 9.91. The highest BCUT2D eigenvalue weighted by molar-refractivity contribution is 7.13. The summed E-state index contributed by atoms with van der Waals surface area (Å²) in [6.45, 7) is 9.26. The standard InChI is InChI=1S/C14H21N5OS.ClH/c1-14(2,3)11-10(21-8-16-11)13-17-12(18-20-13)9-7-15-5-6-19(9)4;/h8-9,15H,5-7H2,1-4H3;1H. The molecule has 6 nitrogen and oxygen atoms in total. The summed E-state index contributed by atoms with van der Waals surface area (Å²) in [7, 11) is 2.09. The molecule has 0 amide bonds. The third-order valence-corrected chi connectivity index (χ3v) is 4.54. The van der Waals surface area contributed by atoms with E-state index in [1.54, 1.807) is 11.3 Å². The molecule has 0 spiro atoms. The first-order chi connectivity index (χ1) is 9.97. The third kappa shape index (κ3) is 3.32. The van der Waals surface area contributed by atoms with Gasteiger partial charge in [0.25, 0.3) is 5.89 Å². The molecule has 1 aliphatic rings. The molecule has 2 aromatic rings.